The van der Waals surface area contributed by atoms with Crippen LogP contribution in [0.15, 0.2) is 34.1 Å². The molecule has 2 aromatic rings. The maximum absolute atomic E-state index is 13.3. The van der Waals surface area contributed by atoms with Crippen LogP contribution in [0.1, 0.15) is 34.8 Å². The van der Waals surface area contributed by atoms with Gasteiger partial charge >= 0.3 is 10.8 Å². The monoisotopic (exact) mass is 470 g/mol. The summed E-state index contributed by atoms with van der Waals surface area (Å²) in [6, 6.07) is 8.39. The number of hydrogen-bond acceptors (Lipinski definition) is 6. The number of aryl methyl sites for hydroxylation is 1. The number of carboxylic acid groups (broad SMARTS) is 1. The fraction of sp³-hybridized carbons (Fsp3) is 0.478. The van der Waals surface area contributed by atoms with Crippen molar-refractivity contribution in [1.29, 1.82) is 0 Å². The first-order valence-corrected chi connectivity index (χ1v) is 12.6. The van der Waals surface area contributed by atoms with Crippen molar-refractivity contribution in [2.24, 2.45) is 29.6 Å². The van der Waals surface area contributed by atoms with E-state index in [0.29, 0.717) is 0 Å². The van der Waals surface area contributed by atoms with E-state index in [1.807, 2.05) is 6.92 Å². The van der Waals surface area contributed by atoms with Crippen LogP contribution in [-0.2, 0) is 14.4 Å². The standard InChI is InChI=1S/C23H22N2O5S2/c1-9-2-4-10(5-3-9)14-15-11-8-12(18(15)31-20-19(14)32-23(30)24-20)17-16(11)21(28)25(22(17)29)7-6-13(26)27/h2-5,11-12,14-18H,6-8H2,1H3,(H,24,30)(H,26,27)/t11-,12+,14-,15+,16+,17+,18-/m0/s1. The average Bonchev–Trinajstić information content (AvgIpc) is 3.47. The van der Waals surface area contributed by atoms with Gasteiger partial charge in [0, 0.05) is 22.6 Å². The number of aromatic nitrogens is 1. The number of hydrogen-bond donors (Lipinski definition) is 2. The molecule has 7 nitrogen and oxygen atoms in total. The van der Waals surface area contributed by atoms with Gasteiger partial charge in [0.1, 0.15) is 0 Å². The Labute approximate surface area is 192 Å². The lowest BCUT2D eigenvalue weighted by Crippen LogP contribution is -2.42. The summed E-state index contributed by atoms with van der Waals surface area (Å²) in [5.41, 5.74) is 2.31. The van der Waals surface area contributed by atoms with Crippen LogP contribution in [0.5, 0.6) is 0 Å². The van der Waals surface area contributed by atoms with Crippen molar-refractivity contribution in [3.63, 3.8) is 0 Å². The summed E-state index contributed by atoms with van der Waals surface area (Å²) in [5.74, 6) is -1.83. The van der Waals surface area contributed by atoms with Gasteiger partial charge in [0.2, 0.25) is 11.8 Å². The van der Waals surface area contributed by atoms with Gasteiger partial charge < -0.3 is 10.1 Å². The molecule has 2 aliphatic heterocycles. The number of carbonyl (C=O) groups excluding carboxylic acids is 2. The highest BCUT2D eigenvalue weighted by molar-refractivity contribution is 8.00. The van der Waals surface area contributed by atoms with Crippen LogP contribution < -0.4 is 4.87 Å². The number of thioether (sulfide) groups is 1. The first kappa shape index (κ1) is 20.2. The van der Waals surface area contributed by atoms with Gasteiger partial charge in [0.15, 0.2) is 0 Å². The zero-order valence-corrected chi connectivity index (χ0v) is 18.9. The molecule has 0 spiro atoms. The Bertz CT molecular complexity index is 1200. The molecule has 2 N–H and O–H groups in total. The van der Waals surface area contributed by atoms with Crippen molar-refractivity contribution >= 4 is 40.9 Å². The number of carboxylic acids is 1. The Morgan fingerprint density at radius 2 is 1.81 bits per heavy atom. The van der Waals surface area contributed by atoms with Gasteiger partial charge in [-0.1, -0.05) is 41.2 Å². The summed E-state index contributed by atoms with van der Waals surface area (Å²) in [7, 11) is 0. The maximum atomic E-state index is 13.3. The second-order valence-electron chi connectivity index (χ2n) is 9.34. The van der Waals surface area contributed by atoms with E-state index in [1.165, 1.54) is 16.2 Å². The van der Waals surface area contributed by atoms with Gasteiger partial charge in [-0.25, -0.2) is 0 Å². The first-order valence-electron chi connectivity index (χ1n) is 10.9. The third-order valence-electron chi connectivity index (χ3n) is 7.80. The minimum atomic E-state index is -1.01. The number of rotatable bonds is 4. The Morgan fingerprint density at radius 1 is 1.12 bits per heavy atom. The molecule has 0 unspecified atom stereocenters. The molecule has 2 aliphatic carbocycles. The summed E-state index contributed by atoms with van der Waals surface area (Å²) in [4.78, 5) is 54.9. The molecule has 166 valence electrons. The molecule has 6 rings (SSSR count). The van der Waals surface area contributed by atoms with E-state index in [0.717, 1.165) is 27.5 Å². The van der Waals surface area contributed by atoms with E-state index >= 15 is 0 Å². The summed E-state index contributed by atoms with van der Waals surface area (Å²) < 4.78 is 0. The summed E-state index contributed by atoms with van der Waals surface area (Å²) in [5, 5.41) is 10.1. The number of carbonyl (C=O) groups is 3. The zero-order valence-electron chi connectivity index (χ0n) is 17.3. The van der Waals surface area contributed by atoms with Crippen LogP contribution in [0.2, 0.25) is 0 Å². The molecule has 2 saturated carbocycles. The van der Waals surface area contributed by atoms with Gasteiger partial charge in [-0.15, -0.1) is 11.8 Å². The molecule has 2 bridgehead atoms. The lowest BCUT2D eigenvalue weighted by Gasteiger charge is -2.43. The highest BCUT2D eigenvalue weighted by atomic mass is 32.2. The highest BCUT2D eigenvalue weighted by Crippen LogP contribution is 2.68. The number of aliphatic carboxylic acids is 1. The molecule has 32 heavy (non-hydrogen) atoms. The fourth-order valence-electron chi connectivity index (χ4n) is 6.65. The molecule has 0 radical (unpaired) electrons. The zero-order chi connectivity index (χ0) is 22.3. The predicted octanol–water partition coefficient (Wildman–Crippen LogP) is 2.69. The van der Waals surface area contributed by atoms with Crippen LogP contribution in [0.3, 0.4) is 0 Å². The lowest BCUT2D eigenvalue weighted by molar-refractivity contribution is -0.142. The maximum Gasteiger partial charge on any atom is 0.305 e. The molecule has 3 heterocycles. The first-order chi connectivity index (χ1) is 15.3. The van der Waals surface area contributed by atoms with Crippen LogP contribution >= 0.6 is 23.1 Å². The lowest BCUT2D eigenvalue weighted by atomic mass is 9.68. The highest BCUT2D eigenvalue weighted by Gasteiger charge is 2.69. The third kappa shape index (κ3) is 2.73. The average molecular weight is 471 g/mol. The fourth-order valence-corrected chi connectivity index (χ4v) is 9.54. The van der Waals surface area contributed by atoms with Crippen LogP contribution in [0.4, 0.5) is 0 Å². The Hall–Kier alpha value is -2.39. The van der Waals surface area contributed by atoms with E-state index in [-0.39, 0.29) is 70.4 Å². The van der Waals surface area contributed by atoms with Crippen LogP contribution in [0.25, 0.3) is 0 Å². The molecule has 9 heteroatoms. The number of aromatic amines is 1. The molecule has 2 amide bonds. The molecular formula is C23H22N2O5S2. The number of amides is 2. The summed E-state index contributed by atoms with van der Waals surface area (Å²) in [6.45, 7) is 1.99. The molecule has 1 aromatic heterocycles. The summed E-state index contributed by atoms with van der Waals surface area (Å²) in [6.07, 6.45) is 0.613. The van der Waals surface area contributed by atoms with E-state index in [9.17, 15) is 19.2 Å². The van der Waals surface area contributed by atoms with Crippen molar-refractivity contribution < 1.29 is 19.5 Å². The number of likely N-dealkylation sites (tertiary alicyclic amines) is 1. The number of thiazole rings is 1. The Kier molecular flexibility index (Phi) is 4.46. The molecular weight excluding hydrogens is 448 g/mol. The minimum absolute atomic E-state index is 0.0210. The largest absolute Gasteiger partial charge is 0.481 e. The van der Waals surface area contributed by atoms with Gasteiger partial charge in [0.05, 0.1) is 23.3 Å². The van der Waals surface area contributed by atoms with E-state index < -0.39 is 5.97 Å². The smallest absolute Gasteiger partial charge is 0.305 e. The normalized spacial score (nSPS) is 34.5. The van der Waals surface area contributed by atoms with Gasteiger partial charge in [0.25, 0.3) is 0 Å². The van der Waals surface area contributed by atoms with E-state index in [2.05, 4.69) is 29.2 Å². The number of fused-ring (bicyclic) bond motifs is 9. The van der Waals surface area contributed by atoms with Crippen molar-refractivity contribution in [3.8, 4) is 0 Å². The second kappa shape index (κ2) is 7.05. The van der Waals surface area contributed by atoms with Crippen LogP contribution in [-0.4, -0.2) is 44.6 Å². The van der Waals surface area contributed by atoms with Gasteiger partial charge in [-0.2, -0.15) is 0 Å². The number of H-pyrrole nitrogens is 1. The number of nitrogens with one attached hydrogen (secondary N) is 1. The molecule has 1 aromatic carbocycles. The summed E-state index contributed by atoms with van der Waals surface area (Å²) >= 11 is 2.92. The third-order valence-corrected chi connectivity index (χ3v) is 10.4. The second-order valence-corrected chi connectivity index (χ2v) is 11.5. The van der Waals surface area contributed by atoms with Crippen molar-refractivity contribution in [2.45, 2.75) is 36.0 Å². The van der Waals surface area contributed by atoms with Crippen molar-refractivity contribution in [3.05, 3.63) is 49.9 Å². The Balaban J connectivity index is 1.41. The van der Waals surface area contributed by atoms with Gasteiger partial charge in [-0.05, 0) is 36.7 Å². The van der Waals surface area contributed by atoms with Crippen molar-refractivity contribution in [2.75, 3.05) is 6.54 Å². The molecule has 3 fully saturated rings. The minimum Gasteiger partial charge on any atom is -0.481 e. The molecule has 4 aliphatic rings. The van der Waals surface area contributed by atoms with Crippen molar-refractivity contribution in [1.82, 2.24) is 9.88 Å². The quantitative estimate of drug-likeness (QED) is 0.666. The number of benzene rings is 1. The predicted molar refractivity (Wildman–Crippen MR) is 119 cm³/mol. The molecule has 7 atom stereocenters. The molecule has 1 saturated heterocycles. The van der Waals surface area contributed by atoms with Gasteiger partial charge in [-0.3, -0.25) is 24.1 Å². The number of nitrogens with zero attached hydrogens (tertiary/aromatic N) is 1. The SMILES string of the molecule is Cc1ccc([C@@H]2c3sc(=O)[nH]c3S[C@H]3[C@@H]4C[C@H]([C@H]5C(=O)N(CCC(=O)O)C(=O)[C@H]45)[C@H]23)cc1. The topological polar surface area (TPSA) is 108 Å². The van der Waals surface area contributed by atoms with Crippen LogP contribution in [0, 0.1) is 36.5 Å². The Morgan fingerprint density at radius 3 is 2.50 bits per heavy atom. The number of imide groups is 1. The van der Waals surface area contributed by atoms with E-state index in [1.54, 1.807) is 11.8 Å². The van der Waals surface area contributed by atoms with E-state index in [4.69, 9.17) is 5.11 Å².